The molecular formula is C18H20N2O8. The Balaban J connectivity index is 2.00. The molecule has 0 radical (unpaired) electrons. The molecule has 0 aliphatic rings. The second-order valence-electron chi connectivity index (χ2n) is 5.76. The van der Waals surface area contributed by atoms with Gasteiger partial charge in [0.25, 0.3) is 0 Å². The third kappa shape index (κ3) is 5.79. The number of aromatic nitrogens is 2. The molecule has 2 aromatic heterocycles. The average Bonchev–Trinajstić information content (AvgIpc) is 2.75. The van der Waals surface area contributed by atoms with Crippen LogP contribution in [0.3, 0.4) is 0 Å². The first kappa shape index (κ1) is 21.4. The number of carbonyl (C=O) groups excluding carboxylic acids is 2. The van der Waals surface area contributed by atoms with Crippen LogP contribution in [0.1, 0.15) is 20.7 Å². The summed E-state index contributed by atoms with van der Waals surface area (Å²) in [6, 6.07) is 5.85. The van der Waals surface area contributed by atoms with Crippen molar-refractivity contribution in [3.05, 3.63) is 60.2 Å². The summed E-state index contributed by atoms with van der Waals surface area (Å²) < 4.78 is 9.89. The molecule has 4 atom stereocenters. The van der Waals surface area contributed by atoms with Gasteiger partial charge in [-0.25, -0.2) is 9.59 Å². The highest BCUT2D eigenvalue weighted by atomic mass is 16.6. The van der Waals surface area contributed by atoms with Gasteiger partial charge in [0.15, 0.2) is 6.10 Å². The number of nitrogens with zero attached hydrogens (tertiary/aromatic N) is 2. The maximum Gasteiger partial charge on any atom is 0.340 e. The summed E-state index contributed by atoms with van der Waals surface area (Å²) in [4.78, 5) is 31.5. The Morgan fingerprint density at radius 2 is 1.50 bits per heavy atom. The lowest BCUT2D eigenvalue weighted by atomic mass is 10.0. The fraction of sp³-hybridized carbons (Fsp3) is 0.333. The van der Waals surface area contributed by atoms with Gasteiger partial charge in [-0.15, -0.1) is 0 Å². The summed E-state index contributed by atoms with van der Waals surface area (Å²) in [6.45, 7) is -1.49. The number of pyridine rings is 2. The van der Waals surface area contributed by atoms with E-state index >= 15 is 0 Å². The summed E-state index contributed by atoms with van der Waals surface area (Å²) in [5.74, 6) is -1.71. The van der Waals surface area contributed by atoms with Gasteiger partial charge in [0.2, 0.25) is 0 Å². The molecule has 0 saturated heterocycles. The van der Waals surface area contributed by atoms with Gasteiger partial charge in [-0.05, 0) is 24.3 Å². The van der Waals surface area contributed by atoms with Crippen molar-refractivity contribution in [2.45, 2.75) is 24.4 Å². The number of ether oxygens (including phenoxy) is 2. The van der Waals surface area contributed by atoms with Gasteiger partial charge in [0.05, 0.1) is 17.7 Å². The Bertz CT molecular complexity index is 759. The van der Waals surface area contributed by atoms with E-state index in [0.29, 0.717) is 0 Å². The van der Waals surface area contributed by atoms with Crippen LogP contribution in [-0.4, -0.2) is 80.0 Å². The van der Waals surface area contributed by atoms with Crippen LogP contribution in [0.15, 0.2) is 49.1 Å². The van der Waals surface area contributed by atoms with Crippen LogP contribution in [0.2, 0.25) is 0 Å². The lowest BCUT2D eigenvalue weighted by Gasteiger charge is -2.29. The first-order chi connectivity index (χ1) is 13.4. The number of carbonyl (C=O) groups is 2. The van der Waals surface area contributed by atoms with Crippen molar-refractivity contribution in [3.63, 3.8) is 0 Å². The summed E-state index contributed by atoms with van der Waals surface area (Å²) in [5.41, 5.74) is 0.182. The lowest BCUT2D eigenvalue weighted by molar-refractivity contribution is -0.129. The highest BCUT2D eigenvalue weighted by molar-refractivity contribution is 5.89. The zero-order chi connectivity index (χ0) is 20.5. The van der Waals surface area contributed by atoms with Crippen LogP contribution in [0.25, 0.3) is 0 Å². The number of esters is 2. The van der Waals surface area contributed by atoms with Crippen LogP contribution in [0.4, 0.5) is 0 Å². The Morgan fingerprint density at radius 3 is 2.00 bits per heavy atom. The molecule has 2 rings (SSSR count). The minimum Gasteiger partial charge on any atom is -0.459 e. The van der Waals surface area contributed by atoms with Gasteiger partial charge in [0.1, 0.15) is 24.9 Å². The predicted molar refractivity (Wildman–Crippen MR) is 93.1 cm³/mol. The van der Waals surface area contributed by atoms with Crippen molar-refractivity contribution in [1.82, 2.24) is 9.97 Å². The minimum atomic E-state index is -1.84. The largest absolute Gasteiger partial charge is 0.459 e. The van der Waals surface area contributed by atoms with E-state index in [0.717, 1.165) is 0 Å². The molecule has 0 aliphatic heterocycles. The third-order valence-corrected chi connectivity index (χ3v) is 3.72. The van der Waals surface area contributed by atoms with Gasteiger partial charge in [-0.3, -0.25) is 9.97 Å². The van der Waals surface area contributed by atoms with Crippen LogP contribution < -0.4 is 0 Å². The maximum absolute atomic E-state index is 12.1. The lowest BCUT2D eigenvalue weighted by Crippen LogP contribution is -2.50. The molecule has 0 amide bonds. The Kier molecular flexibility index (Phi) is 7.96. The van der Waals surface area contributed by atoms with Crippen molar-refractivity contribution >= 4 is 11.9 Å². The summed E-state index contributed by atoms with van der Waals surface area (Å²) in [6.07, 6.45) is -1.52. The molecule has 10 heteroatoms. The average molecular weight is 392 g/mol. The van der Waals surface area contributed by atoms with Crippen LogP contribution in [0, 0.1) is 0 Å². The first-order valence-electron chi connectivity index (χ1n) is 8.27. The summed E-state index contributed by atoms with van der Waals surface area (Å²) in [5, 5.41) is 39.3. The SMILES string of the molecule is O=C(OC[C@@H](O)[C@@H](O)[C@H](OC(=O)c1cccnc1)[C@H](O)CO)c1cccnc1. The monoisotopic (exact) mass is 392 g/mol. The molecule has 2 aromatic rings. The quantitative estimate of drug-likeness (QED) is 0.387. The molecule has 150 valence electrons. The van der Waals surface area contributed by atoms with Gasteiger partial charge < -0.3 is 29.9 Å². The van der Waals surface area contributed by atoms with Crippen LogP contribution in [-0.2, 0) is 9.47 Å². The fourth-order valence-electron chi connectivity index (χ4n) is 2.20. The Labute approximate surface area is 160 Å². The summed E-state index contributed by atoms with van der Waals surface area (Å²) in [7, 11) is 0. The van der Waals surface area contributed by atoms with E-state index in [2.05, 4.69) is 9.97 Å². The number of rotatable bonds is 9. The summed E-state index contributed by atoms with van der Waals surface area (Å²) >= 11 is 0. The molecule has 2 heterocycles. The van der Waals surface area contributed by atoms with E-state index < -0.39 is 49.6 Å². The smallest absolute Gasteiger partial charge is 0.340 e. The van der Waals surface area contributed by atoms with E-state index in [1.165, 1.54) is 49.1 Å². The molecule has 0 bridgehead atoms. The molecule has 0 unspecified atom stereocenters. The molecule has 0 fully saturated rings. The van der Waals surface area contributed by atoms with Gasteiger partial charge >= 0.3 is 11.9 Å². The Morgan fingerprint density at radius 1 is 0.929 bits per heavy atom. The van der Waals surface area contributed by atoms with Crippen molar-refractivity contribution < 1.29 is 39.5 Å². The van der Waals surface area contributed by atoms with Crippen molar-refractivity contribution in [2.75, 3.05) is 13.2 Å². The molecule has 0 spiro atoms. The minimum absolute atomic E-state index is 0.0438. The molecule has 0 aromatic carbocycles. The normalized spacial score (nSPS) is 15.1. The number of aliphatic hydroxyl groups is 4. The van der Waals surface area contributed by atoms with Gasteiger partial charge in [-0.2, -0.15) is 0 Å². The van der Waals surface area contributed by atoms with E-state index in [1.54, 1.807) is 0 Å². The Hall–Kier alpha value is -2.92. The molecule has 0 aliphatic carbocycles. The third-order valence-electron chi connectivity index (χ3n) is 3.72. The first-order valence-corrected chi connectivity index (χ1v) is 8.27. The van der Waals surface area contributed by atoms with Crippen molar-refractivity contribution in [3.8, 4) is 0 Å². The van der Waals surface area contributed by atoms with Gasteiger partial charge in [0, 0.05) is 24.8 Å². The zero-order valence-electron chi connectivity index (χ0n) is 14.7. The maximum atomic E-state index is 12.1. The van der Waals surface area contributed by atoms with Crippen molar-refractivity contribution in [2.24, 2.45) is 0 Å². The zero-order valence-corrected chi connectivity index (χ0v) is 14.7. The number of hydrogen-bond acceptors (Lipinski definition) is 10. The van der Waals surface area contributed by atoms with E-state index in [1.807, 2.05) is 0 Å². The number of hydrogen-bond donors (Lipinski definition) is 4. The number of aliphatic hydroxyl groups excluding tert-OH is 4. The fourth-order valence-corrected chi connectivity index (χ4v) is 2.20. The van der Waals surface area contributed by atoms with E-state index in [4.69, 9.17) is 14.6 Å². The molecular weight excluding hydrogens is 372 g/mol. The standard InChI is InChI=1S/C18H20N2O8/c21-9-13(22)16(28-18(26)12-4-2-6-20-8-12)15(24)14(23)10-27-17(25)11-3-1-5-19-7-11/h1-8,13-16,21-24H,9-10H2/t13-,14-,15-,16-/m1/s1. The second kappa shape index (κ2) is 10.4. The highest BCUT2D eigenvalue weighted by Crippen LogP contribution is 2.14. The van der Waals surface area contributed by atoms with Gasteiger partial charge in [-0.1, -0.05) is 0 Å². The van der Waals surface area contributed by atoms with E-state index in [-0.39, 0.29) is 11.1 Å². The molecule has 4 N–H and O–H groups in total. The van der Waals surface area contributed by atoms with Crippen LogP contribution >= 0.6 is 0 Å². The molecule has 0 saturated carbocycles. The predicted octanol–water partition coefficient (Wildman–Crippen LogP) is -1.07. The van der Waals surface area contributed by atoms with E-state index in [9.17, 15) is 24.9 Å². The van der Waals surface area contributed by atoms with Crippen LogP contribution in [0.5, 0.6) is 0 Å². The molecule has 28 heavy (non-hydrogen) atoms. The van der Waals surface area contributed by atoms with Crippen molar-refractivity contribution in [1.29, 1.82) is 0 Å². The topological polar surface area (TPSA) is 159 Å². The highest BCUT2D eigenvalue weighted by Gasteiger charge is 2.36. The molecule has 10 nitrogen and oxygen atoms in total. The second-order valence-corrected chi connectivity index (χ2v) is 5.76.